The van der Waals surface area contributed by atoms with Crippen LogP contribution < -0.4 is 10.6 Å². The van der Waals surface area contributed by atoms with Crippen LogP contribution in [0.25, 0.3) is 0 Å². The molecule has 3 nitrogen and oxygen atoms in total. The molecule has 0 fully saturated rings. The Hall–Kier alpha value is -1.09. The Kier molecular flexibility index (Phi) is 3.71. The van der Waals surface area contributed by atoms with Crippen LogP contribution in [0.1, 0.15) is 12.6 Å². The number of likely N-dealkylation sites (N-methyl/N-ethyl adjacent to an activating group) is 1. The summed E-state index contributed by atoms with van der Waals surface area (Å²) < 4.78 is 0. The topological polar surface area (TPSA) is 42.1 Å². The van der Waals surface area contributed by atoms with E-state index in [-0.39, 0.29) is 0 Å². The molecule has 1 heterocycles. The number of aryl methyl sites for hydroxylation is 1. The van der Waals surface area contributed by atoms with Crippen molar-refractivity contribution in [2.75, 3.05) is 24.5 Å². The van der Waals surface area contributed by atoms with Gasteiger partial charge in [-0.3, -0.25) is 0 Å². The smallest absolute Gasteiger partial charge is 0.128 e. The fourth-order valence-electron chi connectivity index (χ4n) is 1.30. The lowest BCUT2D eigenvalue weighted by atomic mass is 10.3. The second-order valence-electron chi connectivity index (χ2n) is 3.01. The number of hydrogen-bond donors (Lipinski definition) is 1. The minimum atomic E-state index is 0.670. The van der Waals surface area contributed by atoms with Gasteiger partial charge < -0.3 is 10.6 Å². The maximum absolute atomic E-state index is 5.51. The van der Waals surface area contributed by atoms with Gasteiger partial charge >= 0.3 is 0 Å². The lowest BCUT2D eigenvalue weighted by Crippen LogP contribution is -2.29. The Morgan fingerprint density at radius 2 is 2.23 bits per heavy atom. The van der Waals surface area contributed by atoms with E-state index in [1.54, 1.807) is 0 Å². The third-order valence-corrected chi connectivity index (χ3v) is 1.98. The fraction of sp³-hybridized carbons (Fsp3) is 0.500. The van der Waals surface area contributed by atoms with Gasteiger partial charge in [-0.15, -0.1) is 0 Å². The first-order valence-electron chi connectivity index (χ1n) is 4.66. The van der Waals surface area contributed by atoms with Crippen LogP contribution in [0.4, 0.5) is 5.82 Å². The SMILES string of the molecule is CCN(CCN)c1cccc(C)n1. The average Bonchev–Trinajstić information content (AvgIpc) is 2.14. The molecular formula is C10H17N3. The van der Waals surface area contributed by atoms with Crippen molar-refractivity contribution < 1.29 is 0 Å². The molecule has 0 spiro atoms. The van der Waals surface area contributed by atoms with Gasteiger partial charge in [0.1, 0.15) is 5.82 Å². The van der Waals surface area contributed by atoms with E-state index in [2.05, 4.69) is 16.8 Å². The van der Waals surface area contributed by atoms with Crippen LogP contribution in [-0.4, -0.2) is 24.6 Å². The second kappa shape index (κ2) is 4.82. The number of hydrogen-bond acceptors (Lipinski definition) is 3. The minimum absolute atomic E-state index is 0.670. The van der Waals surface area contributed by atoms with Gasteiger partial charge in [-0.25, -0.2) is 4.98 Å². The molecule has 0 aliphatic carbocycles. The van der Waals surface area contributed by atoms with E-state index in [1.165, 1.54) is 0 Å². The largest absolute Gasteiger partial charge is 0.356 e. The summed E-state index contributed by atoms with van der Waals surface area (Å²) in [5, 5.41) is 0. The molecule has 72 valence electrons. The van der Waals surface area contributed by atoms with Crippen molar-refractivity contribution in [3.8, 4) is 0 Å². The highest BCUT2D eigenvalue weighted by atomic mass is 15.2. The summed E-state index contributed by atoms with van der Waals surface area (Å²) in [7, 11) is 0. The van der Waals surface area contributed by atoms with E-state index in [0.717, 1.165) is 24.6 Å². The summed E-state index contributed by atoms with van der Waals surface area (Å²) >= 11 is 0. The molecule has 0 aromatic carbocycles. The third kappa shape index (κ3) is 2.70. The summed E-state index contributed by atoms with van der Waals surface area (Å²) in [6.07, 6.45) is 0. The maximum atomic E-state index is 5.51. The highest BCUT2D eigenvalue weighted by Gasteiger charge is 2.03. The molecule has 13 heavy (non-hydrogen) atoms. The zero-order chi connectivity index (χ0) is 9.68. The van der Waals surface area contributed by atoms with E-state index in [1.807, 2.05) is 25.1 Å². The highest BCUT2D eigenvalue weighted by molar-refractivity contribution is 5.38. The first-order chi connectivity index (χ1) is 6.27. The van der Waals surface area contributed by atoms with Gasteiger partial charge in [0, 0.05) is 25.3 Å². The van der Waals surface area contributed by atoms with E-state index < -0.39 is 0 Å². The molecule has 0 amide bonds. The van der Waals surface area contributed by atoms with Crippen LogP contribution in [-0.2, 0) is 0 Å². The van der Waals surface area contributed by atoms with E-state index >= 15 is 0 Å². The van der Waals surface area contributed by atoms with Gasteiger partial charge in [0.25, 0.3) is 0 Å². The standard InChI is InChI=1S/C10H17N3/c1-3-13(8-7-11)10-6-4-5-9(2)12-10/h4-6H,3,7-8,11H2,1-2H3. The van der Waals surface area contributed by atoms with E-state index in [0.29, 0.717) is 6.54 Å². The second-order valence-corrected chi connectivity index (χ2v) is 3.01. The molecule has 2 N–H and O–H groups in total. The van der Waals surface area contributed by atoms with Gasteiger partial charge in [0.15, 0.2) is 0 Å². The van der Waals surface area contributed by atoms with Crippen molar-refractivity contribution in [2.24, 2.45) is 5.73 Å². The number of anilines is 1. The van der Waals surface area contributed by atoms with Crippen molar-refractivity contribution in [2.45, 2.75) is 13.8 Å². The van der Waals surface area contributed by atoms with Crippen LogP contribution in [0.3, 0.4) is 0 Å². The van der Waals surface area contributed by atoms with Crippen molar-refractivity contribution in [3.05, 3.63) is 23.9 Å². The highest BCUT2D eigenvalue weighted by Crippen LogP contribution is 2.09. The molecule has 0 aliphatic heterocycles. The van der Waals surface area contributed by atoms with Crippen molar-refractivity contribution >= 4 is 5.82 Å². The predicted molar refractivity (Wildman–Crippen MR) is 55.9 cm³/mol. The zero-order valence-electron chi connectivity index (χ0n) is 8.33. The lowest BCUT2D eigenvalue weighted by Gasteiger charge is -2.21. The predicted octanol–water partition coefficient (Wildman–Crippen LogP) is 1.18. The van der Waals surface area contributed by atoms with Crippen molar-refractivity contribution in [1.82, 2.24) is 4.98 Å². The van der Waals surface area contributed by atoms with Gasteiger partial charge in [-0.1, -0.05) is 6.07 Å². The maximum Gasteiger partial charge on any atom is 0.128 e. The summed E-state index contributed by atoms with van der Waals surface area (Å²) in [5.41, 5.74) is 6.56. The normalized spacial score (nSPS) is 10.1. The van der Waals surface area contributed by atoms with Gasteiger partial charge in [-0.05, 0) is 26.0 Å². The summed E-state index contributed by atoms with van der Waals surface area (Å²) in [5.74, 6) is 1.02. The Labute approximate surface area is 79.6 Å². The Bertz CT molecular complexity index is 260. The number of nitrogens with two attached hydrogens (primary N) is 1. The molecule has 0 aliphatic rings. The number of nitrogens with zero attached hydrogens (tertiary/aromatic N) is 2. The Balaban J connectivity index is 2.78. The molecule has 1 rings (SSSR count). The number of pyridine rings is 1. The number of rotatable bonds is 4. The molecule has 0 unspecified atom stereocenters. The first-order valence-corrected chi connectivity index (χ1v) is 4.66. The summed E-state index contributed by atoms with van der Waals surface area (Å²) in [6.45, 7) is 6.60. The molecule has 0 atom stereocenters. The van der Waals surface area contributed by atoms with Gasteiger partial charge in [0.2, 0.25) is 0 Å². The summed E-state index contributed by atoms with van der Waals surface area (Å²) in [4.78, 5) is 6.61. The quantitative estimate of drug-likeness (QED) is 0.754. The van der Waals surface area contributed by atoms with Crippen LogP contribution in [0.15, 0.2) is 18.2 Å². The van der Waals surface area contributed by atoms with Crippen molar-refractivity contribution in [1.29, 1.82) is 0 Å². The molecule has 0 saturated carbocycles. The van der Waals surface area contributed by atoms with Gasteiger partial charge in [-0.2, -0.15) is 0 Å². The fourth-order valence-corrected chi connectivity index (χ4v) is 1.30. The minimum Gasteiger partial charge on any atom is -0.356 e. The summed E-state index contributed by atoms with van der Waals surface area (Å²) in [6, 6.07) is 6.04. The molecule has 1 aromatic heterocycles. The molecule has 3 heteroatoms. The number of aromatic nitrogens is 1. The van der Waals surface area contributed by atoms with E-state index in [9.17, 15) is 0 Å². The van der Waals surface area contributed by atoms with E-state index in [4.69, 9.17) is 5.73 Å². The Morgan fingerprint density at radius 3 is 2.77 bits per heavy atom. The average molecular weight is 179 g/mol. The van der Waals surface area contributed by atoms with Crippen LogP contribution >= 0.6 is 0 Å². The zero-order valence-corrected chi connectivity index (χ0v) is 8.33. The van der Waals surface area contributed by atoms with Crippen LogP contribution in [0.5, 0.6) is 0 Å². The molecule has 1 aromatic rings. The third-order valence-electron chi connectivity index (χ3n) is 1.98. The van der Waals surface area contributed by atoms with Crippen LogP contribution in [0.2, 0.25) is 0 Å². The molecular weight excluding hydrogens is 162 g/mol. The first kappa shape index (κ1) is 9.99. The van der Waals surface area contributed by atoms with Gasteiger partial charge in [0.05, 0.1) is 0 Å². The Morgan fingerprint density at radius 1 is 1.46 bits per heavy atom. The van der Waals surface area contributed by atoms with Crippen LogP contribution in [0, 0.1) is 6.92 Å². The molecule has 0 bridgehead atoms. The monoisotopic (exact) mass is 179 g/mol. The lowest BCUT2D eigenvalue weighted by molar-refractivity contribution is 0.799. The van der Waals surface area contributed by atoms with Crippen molar-refractivity contribution in [3.63, 3.8) is 0 Å². The molecule has 0 saturated heterocycles. The molecule has 0 radical (unpaired) electrons.